The molecule has 4 aliphatic carbocycles. The van der Waals surface area contributed by atoms with Crippen LogP contribution in [0.5, 0.6) is 0 Å². The van der Waals surface area contributed by atoms with E-state index < -0.39 is 0 Å². The fourth-order valence-corrected chi connectivity index (χ4v) is 7.80. The second-order valence-electron chi connectivity index (χ2n) is 11.1. The summed E-state index contributed by atoms with van der Waals surface area (Å²) in [6, 6.07) is 0. The van der Waals surface area contributed by atoms with E-state index in [9.17, 15) is 0 Å². The van der Waals surface area contributed by atoms with Gasteiger partial charge < -0.3 is 0 Å². The molecule has 0 aromatic carbocycles. The van der Waals surface area contributed by atoms with Gasteiger partial charge >= 0.3 is 0 Å². The van der Waals surface area contributed by atoms with Crippen LogP contribution >= 0.6 is 0 Å². The summed E-state index contributed by atoms with van der Waals surface area (Å²) in [6.45, 7) is 15.6. The lowest BCUT2D eigenvalue weighted by molar-refractivity contribution is -0.0791. The van der Waals surface area contributed by atoms with Crippen molar-refractivity contribution in [1.82, 2.24) is 0 Å². The highest BCUT2D eigenvalue weighted by molar-refractivity contribution is 5.25. The van der Waals surface area contributed by atoms with Gasteiger partial charge in [0.1, 0.15) is 0 Å². The Labute approximate surface area is 144 Å². The van der Waals surface area contributed by atoms with Crippen LogP contribution in [0.1, 0.15) is 92.9 Å². The Hall–Kier alpha value is -0.260. The molecule has 0 bridgehead atoms. The molecule has 0 amide bonds. The molecule has 0 N–H and O–H groups in total. The third-order valence-electron chi connectivity index (χ3n) is 10.3. The van der Waals surface area contributed by atoms with Gasteiger partial charge in [-0.1, -0.05) is 53.2 Å². The van der Waals surface area contributed by atoms with Crippen LogP contribution < -0.4 is 0 Å². The molecule has 0 spiro atoms. The topological polar surface area (TPSA) is 0 Å². The first kappa shape index (κ1) is 16.2. The molecule has 4 aliphatic rings. The van der Waals surface area contributed by atoms with Gasteiger partial charge in [0.2, 0.25) is 0 Å². The molecule has 0 heterocycles. The molecule has 0 nitrogen and oxygen atoms in total. The smallest absolute Gasteiger partial charge is 0.00853 e. The summed E-state index contributed by atoms with van der Waals surface area (Å²) in [5.41, 5.74) is 3.93. The van der Waals surface area contributed by atoms with Crippen molar-refractivity contribution >= 4 is 0 Å². The van der Waals surface area contributed by atoms with Crippen LogP contribution in [0.3, 0.4) is 0 Å². The second kappa shape index (κ2) is 4.67. The Balaban J connectivity index is 1.73. The minimum Gasteiger partial charge on any atom is -0.0848 e. The van der Waals surface area contributed by atoms with Gasteiger partial charge in [-0.3, -0.25) is 0 Å². The summed E-state index contributed by atoms with van der Waals surface area (Å²) in [7, 11) is 0. The first-order valence-corrected chi connectivity index (χ1v) is 10.3. The molecule has 3 fully saturated rings. The molecule has 0 aromatic heterocycles. The van der Waals surface area contributed by atoms with Crippen LogP contribution in [0.25, 0.3) is 0 Å². The monoisotopic (exact) mass is 314 g/mol. The molecule has 4 rings (SSSR count). The van der Waals surface area contributed by atoms with Crippen LogP contribution in [0, 0.1) is 39.4 Å². The first-order chi connectivity index (χ1) is 10.6. The molecule has 3 saturated carbocycles. The van der Waals surface area contributed by atoms with Crippen molar-refractivity contribution in [2.45, 2.75) is 92.9 Å². The van der Waals surface area contributed by atoms with E-state index in [1.54, 1.807) is 0 Å². The Morgan fingerprint density at radius 3 is 2.39 bits per heavy atom. The Morgan fingerprint density at radius 2 is 1.65 bits per heavy atom. The van der Waals surface area contributed by atoms with Crippen LogP contribution in [-0.2, 0) is 0 Å². The molecule has 0 aromatic rings. The van der Waals surface area contributed by atoms with E-state index in [2.05, 4.69) is 47.6 Å². The molecule has 3 unspecified atom stereocenters. The molecular formula is C23H38. The average molecular weight is 315 g/mol. The van der Waals surface area contributed by atoms with Crippen molar-refractivity contribution < 1.29 is 0 Å². The predicted molar refractivity (Wildman–Crippen MR) is 99.3 cm³/mol. The van der Waals surface area contributed by atoms with E-state index in [4.69, 9.17) is 0 Å². The summed E-state index contributed by atoms with van der Waals surface area (Å²) in [6.07, 6.45) is 14.2. The van der Waals surface area contributed by atoms with Crippen molar-refractivity contribution in [3.63, 3.8) is 0 Å². The third-order valence-corrected chi connectivity index (χ3v) is 10.3. The largest absolute Gasteiger partial charge is 0.0848 e. The SMILES string of the molecule is CC1(C)CC2C3CCC4=CCCC[C@]4(C)C3CC[C@]2(C)C1(C)C. The summed E-state index contributed by atoms with van der Waals surface area (Å²) in [5.74, 6) is 2.94. The maximum absolute atomic E-state index is 2.66. The summed E-state index contributed by atoms with van der Waals surface area (Å²) >= 11 is 0. The lowest BCUT2D eigenvalue weighted by Crippen LogP contribution is -2.51. The first-order valence-electron chi connectivity index (χ1n) is 10.3. The van der Waals surface area contributed by atoms with E-state index in [0.717, 1.165) is 17.8 Å². The number of rotatable bonds is 0. The summed E-state index contributed by atoms with van der Waals surface area (Å²) in [4.78, 5) is 0. The highest BCUT2D eigenvalue weighted by Crippen LogP contribution is 2.74. The van der Waals surface area contributed by atoms with Gasteiger partial charge in [0.15, 0.2) is 0 Å². The van der Waals surface area contributed by atoms with Crippen molar-refractivity contribution in [3.05, 3.63) is 11.6 Å². The molecule has 23 heavy (non-hydrogen) atoms. The average Bonchev–Trinajstić information content (AvgIpc) is 2.62. The molecule has 0 radical (unpaired) electrons. The molecule has 0 heteroatoms. The quantitative estimate of drug-likeness (QED) is 0.422. The molecule has 5 atom stereocenters. The van der Waals surface area contributed by atoms with E-state index in [-0.39, 0.29) is 0 Å². The van der Waals surface area contributed by atoms with Crippen molar-refractivity contribution in [1.29, 1.82) is 0 Å². The minimum absolute atomic E-state index is 0.471. The Morgan fingerprint density at radius 1 is 0.913 bits per heavy atom. The van der Waals surface area contributed by atoms with Crippen molar-refractivity contribution in [3.8, 4) is 0 Å². The number of allylic oxidation sites excluding steroid dienone is 2. The lowest BCUT2D eigenvalue weighted by Gasteiger charge is -2.60. The van der Waals surface area contributed by atoms with Gasteiger partial charge in [-0.15, -0.1) is 0 Å². The molecule has 130 valence electrons. The van der Waals surface area contributed by atoms with Gasteiger partial charge in [-0.05, 0) is 90.8 Å². The van der Waals surface area contributed by atoms with Crippen LogP contribution in [0.4, 0.5) is 0 Å². The fraction of sp³-hybridized carbons (Fsp3) is 0.913. The zero-order chi connectivity index (χ0) is 16.7. The second-order valence-corrected chi connectivity index (χ2v) is 11.1. The maximum atomic E-state index is 2.66. The molecule has 0 aliphatic heterocycles. The highest BCUT2D eigenvalue weighted by atomic mass is 14.7. The highest BCUT2D eigenvalue weighted by Gasteiger charge is 2.66. The normalized spacial score (nSPS) is 50.5. The standard InChI is InChI=1S/C23H38/c1-20(2)15-19-17-11-10-16-9-7-8-13-22(16,5)18(17)12-14-23(19,6)21(20,3)4/h9,17-19H,7-8,10-15H2,1-6H3/t17?,18?,19?,22-,23-/m0/s1. The zero-order valence-electron chi connectivity index (χ0n) is 16.5. The van der Waals surface area contributed by atoms with Crippen LogP contribution in [-0.4, -0.2) is 0 Å². The fourth-order valence-electron chi connectivity index (χ4n) is 7.80. The number of hydrogen-bond donors (Lipinski definition) is 0. The van der Waals surface area contributed by atoms with Gasteiger partial charge in [0, 0.05) is 0 Å². The van der Waals surface area contributed by atoms with Crippen molar-refractivity contribution in [2.24, 2.45) is 39.4 Å². The Bertz CT molecular complexity index is 536. The van der Waals surface area contributed by atoms with E-state index in [1.807, 2.05) is 5.57 Å². The van der Waals surface area contributed by atoms with Crippen LogP contribution in [0.2, 0.25) is 0 Å². The van der Waals surface area contributed by atoms with E-state index in [1.165, 1.54) is 51.4 Å². The summed E-state index contributed by atoms with van der Waals surface area (Å²) in [5, 5.41) is 0. The Kier molecular flexibility index (Phi) is 3.29. The maximum Gasteiger partial charge on any atom is -0.00853 e. The number of hydrogen-bond acceptors (Lipinski definition) is 0. The summed E-state index contributed by atoms with van der Waals surface area (Å²) < 4.78 is 0. The molecular weight excluding hydrogens is 276 g/mol. The van der Waals surface area contributed by atoms with Gasteiger partial charge in [-0.2, -0.15) is 0 Å². The molecule has 0 saturated heterocycles. The third kappa shape index (κ3) is 1.85. The van der Waals surface area contributed by atoms with Crippen molar-refractivity contribution in [2.75, 3.05) is 0 Å². The minimum atomic E-state index is 0.471. The lowest BCUT2D eigenvalue weighted by atomic mass is 9.45. The zero-order valence-corrected chi connectivity index (χ0v) is 16.5. The van der Waals surface area contributed by atoms with Gasteiger partial charge in [-0.25, -0.2) is 0 Å². The predicted octanol–water partition coefficient (Wildman–Crippen LogP) is 7.00. The van der Waals surface area contributed by atoms with E-state index in [0.29, 0.717) is 21.7 Å². The van der Waals surface area contributed by atoms with Crippen LogP contribution in [0.15, 0.2) is 11.6 Å². The van der Waals surface area contributed by atoms with Gasteiger partial charge in [0.25, 0.3) is 0 Å². The van der Waals surface area contributed by atoms with Gasteiger partial charge in [0.05, 0.1) is 0 Å². The van der Waals surface area contributed by atoms with E-state index >= 15 is 0 Å². The number of fused-ring (bicyclic) bond motifs is 5.